The Labute approximate surface area is 74.3 Å². The Morgan fingerprint density at radius 2 is 1.75 bits per heavy atom. The van der Waals surface area contributed by atoms with Gasteiger partial charge >= 0.3 is 0 Å². The Hall–Kier alpha value is -0.630. The Bertz CT molecular complexity index is 169. The fraction of sp³-hybridized carbons (Fsp3) is 0.700. The number of carbonyl (C=O) groups excluding carboxylic acids is 1. The van der Waals surface area contributed by atoms with Gasteiger partial charge in [0.2, 0.25) is 0 Å². The molecule has 0 amide bonds. The number of carbonyl (C=O) groups is 1. The largest absolute Gasteiger partial charge is 0.392 e. The highest BCUT2D eigenvalue weighted by atomic mass is 16.3. The molecular formula is C10H18O2. The van der Waals surface area contributed by atoms with E-state index >= 15 is 0 Å². The van der Waals surface area contributed by atoms with E-state index in [9.17, 15) is 9.90 Å². The molecule has 0 aliphatic heterocycles. The molecule has 70 valence electrons. The van der Waals surface area contributed by atoms with E-state index in [0.29, 0.717) is 0 Å². The number of rotatable bonds is 4. The van der Waals surface area contributed by atoms with Gasteiger partial charge in [0.15, 0.2) is 0 Å². The van der Waals surface area contributed by atoms with Gasteiger partial charge in [-0.2, -0.15) is 0 Å². The zero-order valence-electron chi connectivity index (χ0n) is 8.24. The fourth-order valence-electron chi connectivity index (χ4n) is 1.18. The topological polar surface area (TPSA) is 37.3 Å². The lowest BCUT2D eigenvalue weighted by molar-refractivity contribution is -0.114. The number of hydrogen-bond donors (Lipinski definition) is 1. The average Bonchev–Trinajstić information content (AvgIpc) is 2.00. The number of aliphatic hydroxyl groups excluding tert-OH is 1. The third-order valence-corrected chi connectivity index (χ3v) is 1.89. The van der Waals surface area contributed by atoms with Crippen LogP contribution in [-0.4, -0.2) is 17.5 Å². The van der Waals surface area contributed by atoms with E-state index in [-0.39, 0.29) is 11.8 Å². The molecule has 0 saturated heterocycles. The first-order valence-corrected chi connectivity index (χ1v) is 4.27. The lowest BCUT2D eigenvalue weighted by Gasteiger charge is -2.18. The van der Waals surface area contributed by atoms with Crippen LogP contribution >= 0.6 is 0 Å². The maximum atomic E-state index is 10.4. The van der Waals surface area contributed by atoms with Crippen molar-refractivity contribution in [2.24, 2.45) is 11.8 Å². The van der Waals surface area contributed by atoms with Crippen LogP contribution in [0.25, 0.3) is 0 Å². The average molecular weight is 170 g/mol. The summed E-state index contributed by atoms with van der Waals surface area (Å²) < 4.78 is 0. The van der Waals surface area contributed by atoms with Crippen LogP contribution in [0.5, 0.6) is 0 Å². The van der Waals surface area contributed by atoms with Gasteiger partial charge in [-0.05, 0) is 13.8 Å². The first kappa shape index (κ1) is 11.4. The molecule has 2 heteroatoms. The molecule has 0 radical (unpaired) electrons. The van der Waals surface area contributed by atoms with E-state index in [1.54, 1.807) is 6.92 Å². The van der Waals surface area contributed by atoms with Gasteiger partial charge in [0.1, 0.15) is 6.29 Å². The third-order valence-electron chi connectivity index (χ3n) is 1.89. The molecular weight excluding hydrogens is 152 g/mol. The molecule has 0 bridgehead atoms. The zero-order chi connectivity index (χ0) is 9.72. The van der Waals surface area contributed by atoms with Gasteiger partial charge < -0.3 is 9.90 Å². The normalized spacial score (nSPS) is 17.8. The first-order valence-electron chi connectivity index (χ1n) is 4.27. The van der Waals surface area contributed by atoms with Crippen LogP contribution < -0.4 is 0 Å². The fourth-order valence-corrected chi connectivity index (χ4v) is 1.18. The summed E-state index contributed by atoms with van der Waals surface area (Å²) in [4.78, 5) is 10.4. The molecule has 0 aromatic rings. The summed E-state index contributed by atoms with van der Waals surface area (Å²) >= 11 is 0. The Kier molecular flexibility index (Phi) is 4.83. The van der Waals surface area contributed by atoms with Crippen LogP contribution in [0.15, 0.2) is 11.6 Å². The molecule has 0 saturated carbocycles. The van der Waals surface area contributed by atoms with Crippen LogP contribution in [0.3, 0.4) is 0 Å². The summed E-state index contributed by atoms with van der Waals surface area (Å²) in [6.07, 6.45) is 2.21. The Morgan fingerprint density at radius 3 is 2.08 bits per heavy atom. The summed E-state index contributed by atoms with van der Waals surface area (Å²) in [7, 11) is 0. The molecule has 1 N–H and O–H groups in total. The maximum absolute atomic E-state index is 10.4. The predicted molar refractivity (Wildman–Crippen MR) is 49.8 cm³/mol. The molecule has 3 atom stereocenters. The SMILES string of the molecule is CC(C)=C[C@@H](C)[C@H](O)[C@@H](C)C=O. The maximum Gasteiger partial charge on any atom is 0.125 e. The minimum Gasteiger partial charge on any atom is -0.392 e. The van der Waals surface area contributed by atoms with Crippen molar-refractivity contribution in [3.63, 3.8) is 0 Å². The number of aldehydes is 1. The van der Waals surface area contributed by atoms with E-state index in [4.69, 9.17) is 0 Å². The lowest BCUT2D eigenvalue weighted by Crippen LogP contribution is -2.25. The molecule has 0 aromatic carbocycles. The summed E-state index contributed by atoms with van der Waals surface area (Å²) in [6, 6.07) is 0. The molecule has 2 nitrogen and oxygen atoms in total. The molecule has 0 fully saturated rings. The smallest absolute Gasteiger partial charge is 0.125 e. The highest BCUT2D eigenvalue weighted by molar-refractivity contribution is 5.53. The van der Waals surface area contributed by atoms with Crippen LogP contribution in [0, 0.1) is 11.8 Å². The second-order valence-corrected chi connectivity index (χ2v) is 3.59. The van der Waals surface area contributed by atoms with Crippen LogP contribution in [0.1, 0.15) is 27.7 Å². The zero-order valence-corrected chi connectivity index (χ0v) is 8.24. The second kappa shape index (κ2) is 5.09. The molecule has 0 aliphatic carbocycles. The molecule has 0 aromatic heterocycles. The molecule has 0 unspecified atom stereocenters. The highest BCUT2D eigenvalue weighted by Gasteiger charge is 2.18. The van der Waals surface area contributed by atoms with Crippen LogP contribution in [0.4, 0.5) is 0 Å². The lowest BCUT2D eigenvalue weighted by atomic mass is 9.93. The summed E-state index contributed by atoms with van der Waals surface area (Å²) in [5.41, 5.74) is 1.17. The van der Waals surface area contributed by atoms with Crippen molar-refractivity contribution in [2.45, 2.75) is 33.8 Å². The van der Waals surface area contributed by atoms with Crippen molar-refractivity contribution in [1.82, 2.24) is 0 Å². The van der Waals surface area contributed by atoms with Crippen LogP contribution in [-0.2, 0) is 4.79 Å². The van der Waals surface area contributed by atoms with Crippen molar-refractivity contribution < 1.29 is 9.90 Å². The third kappa shape index (κ3) is 3.67. The van der Waals surface area contributed by atoms with Crippen LogP contribution in [0.2, 0.25) is 0 Å². The van der Waals surface area contributed by atoms with Gasteiger partial charge in [-0.25, -0.2) is 0 Å². The standard InChI is InChI=1S/C10H18O2/c1-7(2)5-8(3)10(12)9(4)6-11/h5-6,8-10,12H,1-4H3/t8-,9+,10+/m1/s1. The molecule has 0 spiro atoms. The van der Waals surface area contributed by atoms with Gasteiger partial charge in [-0.15, -0.1) is 0 Å². The monoisotopic (exact) mass is 170 g/mol. The molecule has 0 aliphatic rings. The summed E-state index contributed by atoms with van der Waals surface area (Å²) in [5.74, 6) is -0.231. The molecule has 0 heterocycles. The molecule has 0 rings (SSSR count). The second-order valence-electron chi connectivity index (χ2n) is 3.59. The summed E-state index contributed by atoms with van der Waals surface area (Å²) in [5, 5.41) is 9.56. The van der Waals surface area contributed by atoms with Crippen molar-refractivity contribution >= 4 is 6.29 Å². The summed E-state index contributed by atoms with van der Waals surface area (Å²) in [6.45, 7) is 7.61. The van der Waals surface area contributed by atoms with Gasteiger partial charge in [0.25, 0.3) is 0 Å². The van der Waals surface area contributed by atoms with Crippen molar-refractivity contribution in [2.75, 3.05) is 0 Å². The van der Waals surface area contributed by atoms with Crippen molar-refractivity contribution in [1.29, 1.82) is 0 Å². The quantitative estimate of drug-likeness (QED) is 0.516. The van der Waals surface area contributed by atoms with E-state index in [2.05, 4.69) is 0 Å². The minimum atomic E-state index is -0.558. The molecule has 12 heavy (non-hydrogen) atoms. The van der Waals surface area contributed by atoms with E-state index in [0.717, 1.165) is 6.29 Å². The van der Waals surface area contributed by atoms with E-state index in [1.165, 1.54) is 5.57 Å². The van der Waals surface area contributed by atoms with E-state index < -0.39 is 6.10 Å². The van der Waals surface area contributed by atoms with E-state index in [1.807, 2.05) is 26.8 Å². The van der Waals surface area contributed by atoms with Gasteiger partial charge in [0.05, 0.1) is 6.10 Å². The van der Waals surface area contributed by atoms with Crippen molar-refractivity contribution in [3.05, 3.63) is 11.6 Å². The van der Waals surface area contributed by atoms with Crippen molar-refractivity contribution in [3.8, 4) is 0 Å². The predicted octanol–water partition coefficient (Wildman–Crippen LogP) is 1.78. The number of allylic oxidation sites excluding steroid dienone is 1. The number of aliphatic hydroxyl groups is 1. The van der Waals surface area contributed by atoms with Gasteiger partial charge in [-0.1, -0.05) is 25.5 Å². The van der Waals surface area contributed by atoms with Gasteiger partial charge in [0, 0.05) is 11.8 Å². The highest BCUT2D eigenvalue weighted by Crippen LogP contribution is 2.14. The van der Waals surface area contributed by atoms with Gasteiger partial charge in [-0.3, -0.25) is 0 Å². The minimum absolute atomic E-state index is 0.0511. The Morgan fingerprint density at radius 1 is 1.25 bits per heavy atom. The first-order chi connectivity index (χ1) is 5.49. The number of hydrogen-bond acceptors (Lipinski definition) is 2. The Balaban J connectivity index is 4.18.